The van der Waals surface area contributed by atoms with Crippen LogP contribution in [-0.4, -0.2) is 29.3 Å². The third-order valence-electron chi connectivity index (χ3n) is 4.03. The average molecular weight is 309 g/mol. The van der Waals surface area contributed by atoms with Crippen molar-refractivity contribution < 1.29 is 9.59 Å². The van der Waals surface area contributed by atoms with E-state index in [1.807, 2.05) is 13.0 Å². The fourth-order valence-corrected chi connectivity index (χ4v) is 2.98. The maximum Gasteiger partial charge on any atom is 0.244 e. The molecule has 0 spiro atoms. The van der Waals surface area contributed by atoms with E-state index in [2.05, 4.69) is 5.32 Å². The molecule has 0 unspecified atom stereocenters. The predicted octanol–water partition coefficient (Wildman–Crippen LogP) is 3.38. The molecular formula is C16H21ClN2O2. The Balaban J connectivity index is 2.02. The van der Waals surface area contributed by atoms with Gasteiger partial charge in [0.1, 0.15) is 6.54 Å². The molecule has 0 heterocycles. The van der Waals surface area contributed by atoms with Gasteiger partial charge in [-0.15, -0.1) is 0 Å². The van der Waals surface area contributed by atoms with Crippen molar-refractivity contribution in [3.63, 3.8) is 0 Å². The SMILES string of the molecule is CC(=O)N(CC(=O)Nc1cccc(Cl)c1C)C1CCCC1. The Morgan fingerprint density at radius 2 is 2.00 bits per heavy atom. The van der Waals surface area contributed by atoms with Crippen LogP contribution in [0, 0.1) is 6.92 Å². The molecule has 0 radical (unpaired) electrons. The van der Waals surface area contributed by atoms with Gasteiger partial charge in [0.2, 0.25) is 11.8 Å². The van der Waals surface area contributed by atoms with Crippen LogP contribution in [0.1, 0.15) is 38.2 Å². The van der Waals surface area contributed by atoms with Gasteiger partial charge in [0, 0.05) is 23.7 Å². The molecule has 1 fully saturated rings. The number of rotatable bonds is 4. The molecule has 5 heteroatoms. The van der Waals surface area contributed by atoms with E-state index in [0.717, 1.165) is 31.2 Å². The van der Waals surface area contributed by atoms with Crippen LogP contribution in [0.4, 0.5) is 5.69 Å². The van der Waals surface area contributed by atoms with Crippen molar-refractivity contribution in [1.82, 2.24) is 4.90 Å². The summed E-state index contributed by atoms with van der Waals surface area (Å²) in [7, 11) is 0. The van der Waals surface area contributed by atoms with Gasteiger partial charge in [0.25, 0.3) is 0 Å². The Hall–Kier alpha value is -1.55. The predicted molar refractivity (Wildman–Crippen MR) is 84.5 cm³/mol. The molecule has 0 bridgehead atoms. The van der Waals surface area contributed by atoms with Crippen LogP contribution in [-0.2, 0) is 9.59 Å². The van der Waals surface area contributed by atoms with Crippen LogP contribution in [0.2, 0.25) is 5.02 Å². The van der Waals surface area contributed by atoms with Crippen LogP contribution < -0.4 is 5.32 Å². The third kappa shape index (κ3) is 3.97. The molecule has 1 aliphatic rings. The minimum Gasteiger partial charge on any atom is -0.331 e. The summed E-state index contributed by atoms with van der Waals surface area (Å²) in [6.45, 7) is 3.49. The van der Waals surface area contributed by atoms with E-state index in [9.17, 15) is 9.59 Å². The highest BCUT2D eigenvalue weighted by molar-refractivity contribution is 6.31. The molecule has 4 nitrogen and oxygen atoms in total. The van der Waals surface area contributed by atoms with Gasteiger partial charge in [-0.3, -0.25) is 9.59 Å². The van der Waals surface area contributed by atoms with Gasteiger partial charge < -0.3 is 10.2 Å². The highest BCUT2D eigenvalue weighted by atomic mass is 35.5. The third-order valence-corrected chi connectivity index (χ3v) is 4.44. The number of benzene rings is 1. The molecular weight excluding hydrogens is 288 g/mol. The second kappa shape index (κ2) is 6.94. The highest BCUT2D eigenvalue weighted by Crippen LogP contribution is 2.25. The Kier molecular flexibility index (Phi) is 5.23. The summed E-state index contributed by atoms with van der Waals surface area (Å²) in [5.74, 6) is -0.220. The van der Waals surface area contributed by atoms with Crippen LogP contribution in [0.25, 0.3) is 0 Å². The van der Waals surface area contributed by atoms with E-state index in [-0.39, 0.29) is 24.4 Å². The van der Waals surface area contributed by atoms with Crippen molar-refractivity contribution in [2.24, 2.45) is 0 Å². The fraction of sp³-hybridized carbons (Fsp3) is 0.500. The largest absolute Gasteiger partial charge is 0.331 e. The highest BCUT2D eigenvalue weighted by Gasteiger charge is 2.26. The molecule has 2 amide bonds. The summed E-state index contributed by atoms with van der Waals surface area (Å²) in [4.78, 5) is 25.6. The molecule has 2 rings (SSSR count). The molecule has 0 aliphatic heterocycles. The maximum absolute atomic E-state index is 12.2. The number of carbonyl (C=O) groups is 2. The van der Waals surface area contributed by atoms with E-state index < -0.39 is 0 Å². The monoisotopic (exact) mass is 308 g/mol. The molecule has 1 aromatic carbocycles. The number of nitrogens with one attached hydrogen (secondary N) is 1. The summed E-state index contributed by atoms with van der Waals surface area (Å²) in [6, 6.07) is 5.60. The molecule has 0 aromatic heterocycles. The number of nitrogens with zero attached hydrogens (tertiary/aromatic N) is 1. The van der Waals surface area contributed by atoms with Gasteiger partial charge in [-0.1, -0.05) is 30.5 Å². The lowest BCUT2D eigenvalue weighted by atomic mass is 10.2. The van der Waals surface area contributed by atoms with Crippen LogP contribution >= 0.6 is 11.6 Å². The van der Waals surface area contributed by atoms with Gasteiger partial charge in [-0.25, -0.2) is 0 Å². The lowest BCUT2D eigenvalue weighted by molar-refractivity contribution is -0.135. The maximum atomic E-state index is 12.2. The summed E-state index contributed by atoms with van der Waals surface area (Å²) in [6.07, 6.45) is 4.24. The van der Waals surface area contributed by atoms with E-state index in [0.29, 0.717) is 10.7 Å². The molecule has 1 N–H and O–H groups in total. The number of amides is 2. The summed E-state index contributed by atoms with van der Waals surface area (Å²) < 4.78 is 0. The molecule has 1 saturated carbocycles. The molecule has 0 saturated heterocycles. The second-order valence-corrected chi connectivity index (χ2v) is 5.95. The first kappa shape index (κ1) is 15.8. The number of anilines is 1. The van der Waals surface area contributed by atoms with Gasteiger partial charge in [-0.05, 0) is 37.5 Å². The lowest BCUT2D eigenvalue weighted by Crippen LogP contribution is -2.42. The molecule has 1 aromatic rings. The Morgan fingerprint density at radius 3 is 2.62 bits per heavy atom. The quantitative estimate of drug-likeness (QED) is 0.927. The number of hydrogen-bond acceptors (Lipinski definition) is 2. The van der Waals surface area contributed by atoms with E-state index in [1.54, 1.807) is 17.0 Å². The number of hydrogen-bond donors (Lipinski definition) is 1. The first-order valence-corrected chi connectivity index (χ1v) is 7.69. The second-order valence-electron chi connectivity index (χ2n) is 5.55. The average Bonchev–Trinajstić information content (AvgIpc) is 2.95. The minimum absolute atomic E-state index is 0.0418. The first-order chi connectivity index (χ1) is 9.99. The number of carbonyl (C=O) groups excluding carboxylic acids is 2. The summed E-state index contributed by atoms with van der Waals surface area (Å²) in [5.41, 5.74) is 1.53. The molecule has 21 heavy (non-hydrogen) atoms. The molecule has 114 valence electrons. The zero-order valence-corrected chi connectivity index (χ0v) is 13.2. The standard InChI is InChI=1S/C16H21ClN2O2/c1-11-14(17)8-5-9-15(11)18-16(21)10-19(12(2)20)13-6-3-4-7-13/h5,8-9,13H,3-4,6-7,10H2,1-2H3,(H,18,21). The fourth-order valence-electron chi connectivity index (χ4n) is 2.80. The van der Waals surface area contributed by atoms with Crippen molar-refractivity contribution in [1.29, 1.82) is 0 Å². The smallest absolute Gasteiger partial charge is 0.244 e. The van der Waals surface area contributed by atoms with Gasteiger partial charge in [0.15, 0.2) is 0 Å². The van der Waals surface area contributed by atoms with E-state index in [1.165, 1.54) is 6.92 Å². The first-order valence-electron chi connectivity index (χ1n) is 7.31. The van der Waals surface area contributed by atoms with Gasteiger partial charge >= 0.3 is 0 Å². The Labute approximate surface area is 130 Å². The summed E-state index contributed by atoms with van der Waals surface area (Å²) >= 11 is 6.04. The number of halogens is 1. The van der Waals surface area contributed by atoms with Crippen molar-refractivity contribution in [3.8, 4) is 0 Å². The zero-order valence-electron chi connectivity index (χ0n) is 12.5. The van der Waals surface area contributed by atoms with E-state index in [4.69, 9.17) is 11.6 Å². The summed E-state index contributed by atoms with van der Waals surface area (Å²) in [5, 5.41) is 3.46. The Bertz CT molecular complexity index is 539. The van der Waals surface area contributed by atoms with Crippen molar-refractivity contribution >= 4 is 29.1 Å². The Morgan fingerprint density at radius 1 is 1.33 bits per heavy atom. The molecule has 0 atom stereocenters. The van der Waals surface area contributed by atoms with Crippen LogP contribution in [0.15, 0.2) is 18.2 Å². The van der Waals surface area contributed by atoms with Crippen LogP contribution in [0.5, 0.6) is 0 Å². The molecule has 1 aliphatic carbocycles. The minimum atomic E-state index is -0.178. The topological polar surface area (TPSA) is 49.4 Å². The van der Waals surface area contributed by atoms with Crippen LogP contribution in [0.3, 0.4) is 0 Å². The lowest BCUT2D eigenvalue weighted by Gasteiger charge is -2.27. The zero-order chi connectivity index (χ0) is 15.4. The van der Waals surface area contributed by atoms with Crippen molar-refractivity contribution in [3.05, 3.63) is 28.8 Å². The van der Waals surface area contributed by atoms with E-state index >= 15 is 0 Å². The van der Waals surface area contributed by atoms with Crippen molar-refractivity contribution in [2.45, 2.75) is 45.6 Å². The van der Waals surface area contributed by atoms with Gasteiger partial charge in [-0.2, -0.15) is 0 Å². The normalized spacial score (nSPS) is 15.0. The van der Waals surface area contributed by atoms with Gasteiger partial charge in [0.05, 0.1) is 0 Å². The van der Waals surface area contributed by atoms with Crippen molar-refractivity contribution in [2.75, 3.05) is 11.9 Å².